The van der Waals surface area contributed by atoms with E-state index in [1.54, 1.807) is 6.07 Å². The molecular formula is C21H27N3O. The molecule has 1 fully saturated rings. The van der Waals surface area contributed by atoms with E-state index in [0.717, 1.165) is 43.9 Å². The maximum absolute atomic E-state index is 12.5. The normalized spacial score (nSPS) is 25.6. The molecule has 0 saturated carbocycles. The van der Waals surface area contributed by atoms with Crippen LogP contribution in [0.1, 0.15) is 55.2 Å². The number of rotatable bonds is 4. The van der Waals surface area contributed by atoms with E-state index in [-0.39, 0.29) is 5.56 Å². The van der Waals surface area contributed by atoms with Crippen molar-refractivity contribution in [1.29, 1.82) is 0 Å². The van der Waals surface area contributed by atoms with Crippen LogP contribution in [0.5, 0.6) is 0 Å². The SMILES string of the molecule is CCC[C@H]1[C@H]2C[C@H](CN(Cc3cccc(C)n3)C2)c2cccc(=O)n21. The van der Waals surface area contributed by atoms with Crippen LogP contribution >= 0.6 is 0 Å². The van der Waals surface area contributed by atoms with E-state index < -0.39 is 0 Å². The monoisotopic (exact) mass is 337 g/mol. The minimum atomic E-state index is 0.180. The third-order valence-corrected chi connectivity index (χ3v) is 5.79. The Balaban J connectivity index is 1.63. The number of aromatic nitrogens is 2. The summed E-state index contributed by atoms with van der Waals surface area (Å²) in [5.74, 6) is 1.03. The van der Waals surface area contributed by atoms with Gasteiger partial charge < -0.3 is 4.57 Å². The summed E-state index contributed by atoms with van der Waals surface area (Å²) in [6.45, 7) is 7.27. The van der Waals surface area contributed by atoms with Gasteiger partial charge in [-0.15, -0.1) is 0 Å². The van der Waals surface area contributed by atoms with Gasteiger partial charge in [0.25, 0.3) is 5.56 Å². The van der Waals surface area contributed by atoms with Crippen LogP contribution in [0.4, 0.5) is 0 Å². The zero-order valence-corrected chi connectivity index (χ0v) is 15.2. The Hall–Kier alpha value is -1.94. The van der Waals surface area contributed by atoms with Crippen LogP contribution in [0.15, 0.2) is 41.2 Å². The van der Waals surface area contributed by atoms with E-state index in [0.29, 0.717) is 17.9 Å². The molecule has 25 heavy (non-hydrogen) atoms. The molecule has 4 heteroatoms. The Bertz CT molecular complexity index is 813. The molecule has 2 aromatic rings. The van der Waals surface area contributed by atoms with Crippen molar-refractivity contribution < 1.29 is 0 Å². The number of hydrogen-bond acceptors (Lipinski definition) is 3. The van der Waals surface area contributed by atoms with Crippen LogP contribution in [0.25, 0.3) is 0 Å². The predicted octanol–water partition coefficient (Wildman–Crippen LogP) is 3.51. The number of nitrogens with zero attached hydrogens (tertiary/aromatic N) is 3. The maximum atomic E-state index is 12.5. The number of fused-ring (bicyclic) bond motifs is 4. The first kappa shape index (κ1) is 16.5. The van der Waals surface area contributed by atoms with Gasteiger partial charge in [0.2, 0.25) is 0 Å². The molecule has 0 spiro atoms. The second-order valence-corrected chi connectivity index (χ2v) is 7.67. The van der Waals surface area contributed by atoms with Gasteiger partial charge in [0.15, 0.2) is 0 Å². The highest BCUT2D eigenvalue weighted by molar-refractivity contribution is 5.19. The number of likely N-dealkylation sites (tertiary alicyclic amines) is 1. The van der Waals surface area contributed by atoms with Crippen LogP contribution in [-0.2, 0) is 6.54 Å². The summed E-state index contributed by atoms with van der Waals surface area (Å²) in [6.07, 6.45) is 3.42. The van der Waals surface area contributed by atoms with Crippen molar-refractivity contribution in [2.45, 2.75) is 51.6 Å². The van der Waals surface area contributed by atoms with Crippen molar-refractivity contribution in [3.05, 3.63) is 63.8 Å². The van der Waals surface area contributed by atoms with Gasteiger partial charge >= 0.3 is 0 Å². The molecule has 4 rings (SSSR count). The van der Waals surface area contributed by atoms with E-state index in [1.165, 1.54) is 12.1 Å². The summed E-state index contributed by atoms with van der Waals surface area (Å²) in [5.41, 5.74) is 3.65. The molecule has 3 atom stereocenters. The van der Waals surface area contributed by atoms with Crippen molar-refractivity contribution in [3.63, 3.8) is 0 Å². The van der Waals surface area contributed by atoms with E-state index in [2.05, 4.69) is 39.6 Å². The summed E-state index contributed by atoms with van der Waals surface area (Å²) in [5, 5.41) is 0. The van der Waals surface area contributed by atoms with Crippen LogP contribution in [0, 0.1) is 12.8 Å². The Morgan fingerprint density at radius 1 is 1.16 bits per heavy atom. The maximum Gasteiger partial charge on any atom is 0.250 e. The third-order valence-electron chi connectivity index (χ3n) is 5.79. The minimum absolute atomic E-state index is 0.180. The summed E-state index contributed by atoms with van der Waals surface area (Å²) in [6, 6.07) is 12.4. The predicted molar refractivity (Wildman–Crippen MR) is 99.7 cm³/mol. The Kier molecular flexibility index (Phi) is 4.46. The second-order valence-electron chi connectivity index (χ2n) is 7.67. The van der Waals surface area contributed by atoms with Crippen molar-refractivity contribution in [3.8, 4) is 0 Å². The fraction of sp³-hybridized carbons (Fsp3) is 0.524. The number of aryl methyl sites for hydroxylation is 1. The second kappa shape index (κ2) is 6.75. The first-order valence-corrected chi connectivity index (χ1v) is 9.52. The number of piperidine rings is 1. The van der Waals surface area contributed by atoms with Crippen molar-refractivity contribution >= 4 is 0 Å². The Labute approximate surface area is 149 Å². The van der Waals surface area contributed by atoms with Gasteiger partial charge in [0, 0.05) is 49.0 Å². The zero-order chi connectivity index (χ0) is 17.4. The van der Waals surface area contributed by atoms with Crippen molar-refractivity contribution in [2.75, 3.05) is 13.1 Å². The number of pyridine rings is 2. The van der Waals surface area contributed by atoms with Crippen LogP contribution in [0.2, 0.25) is 0 Å². The highest BCUT2D eigenvalue weighted by atomic mass is 16.1. The van der Waals surface area contributed by atoms with Crippen LogP contribution in [-0.4, -0.2) is 27.5 Å². The van der Waals surface area contributed by atoms with E-state index >= 15 is 0 Å². The Morgan fingerprint density at radius 3 is 2.80 bits per heavy atom. The minimum Gasteiger partial charge on any atom is -0.309 e. The average Bonchev–Trinajstić information content (AvgIpc) is 2.59. The topological polar surface area (TPSA) is 38.1 Å². The van der Waals surface area contributed by atoms with Gasteiger partial charge in [0.05, 0.1) is 5.69 Å². The lowest BCUT2D eigenvalue weighted by Gasteiger charge is -2.47. The van der Waals surface area contributed by atoms with Gasteiger partial charge in [-0.3, -0.25) is 14.7 Å². The summed E-state index contributed by atoms with van der Waals surface area (Å²) in [7, 11) is 0. The smallest absolute Gasteiger partial charge is 0.250 e. The highest BCUT2D eigenvalue weighted by Crippen LogP contribution is 2.42. The largest absolute Gasteiger partial charge is 0.309 e. The molecule has 2 aliphatic rings. The fourth-order valence-corrected chi connectivity index (χ4v) is 4.85. The van der Waals surface area contributed by atoms with Crippen LogP contribution < -0.4 is 5.56 Å². The van der Waals surface area contributed by atoms with Gasteiger partial charge in [-0.25, -0.2) is 0 Å². The number of hydrogen-bond donors (Lipinski definition) is 0. The van der Waals surface area contributed by atoms with Gasteiger partial charge in [0.1, 0.15) is 0 Å². The zero-order valence-electron chi connectivity index (χ0n) is 15.2. The van der Waals surface area contributed by atoms with E-state index in [1.807, 2.05) is 19.1 Å². The summed E-state index contributed by atoms with van der Waals surface area (Å²) >= 11 is 0. The molecule has 2 bridgehead atoms. The van der Waals surface area contributed by atoms with Crippen LogP contribution in [0.3, 0.4) is 0 Å². The summed E-state index contributed by atoms with van der Waals surface area (Å²) in [4.78, 5) is 19.8. The van der Waals surface area contributed by atoms with Crippen molar-refractivity contribution in [2.24, 2.45) is 5.92 Å². The van der Waals surface area contributed by atoms with E-state index in [4.69, 9.17) is 0 Å². The van der Waals surface area contributed by atoms with Gasteiger partial charge in [-0.2, -0.15) is 0 Å². The molecule has 2 aliphatic heterocycles. The summed E-state index contributed by atoms with van der Waals surface area (Å²) < 4.78 is 2.12. The molecule has 0 aliphatic carbocycles. The van der Waals surface area contributed by atoms with E-state index in [9.17, 15) is 4.79 Å². The first-order valence-electron chi connectivity index (χ1n) is 9.52. The standard InChI is InChI=1S/C21H27N3O/c1-3-6-19-16-11-17(20-9-5-10-21(25)24(19)20)13-23(12-16)14-18-8-4-7-15(2)22-18/h4-5,7-10,16-17,19H,3,6,11-14H2,1-2H3/t16-,17+,19-/m0/s1. The molecule has 0 amide bonds. The van der Waals surface area contributed by atoms with Crippen molar-refractivity contribution in [1.82, 2.24) is 14.5 Å². The molecule has 1 saturated heterocycles. The lowest BCUT2D eigenvalue weighted by Crippen LogP contribution is -2.49. The van der Waals surface area contributed by atoms with Gasteiger partial charge in [-0.05, 0) is 43.9 Å². The molecule has 0 unspecified atom stereocenters. The molecule has 0 N–H and O–H groups in total. The molecule has 0 aromatic carbocycles. The molecule has 132 valence electrons. The lowest BCUT2D eigenvalue weighted by molar-refractivity contribution is 0.0809. The molecule has 4 nitrogen and oxygen atoms in total. The molecule has 4 heterocycles. The first-order chi connectivity index (χ1) is 12.2. The molecule has 2 aromatic heterocycles. The quantitative estimate of drug-likeness (QED) is 0.857. The Morgan fingerprint density at radius 2 is 2.00 bits per heavy atom. The average molecular weight is 337 g/mol. The van der Waals surface area contributed by atoms with Gasteiger partial charge in [-0.1, -0.05) is 25.5 Å². The fourth-order valence-electron chi connectivity index (χ4n) is 4.85. The lowest BCUT2D eigenvalue weighted by atomic mass is 9.77. The highest BCUT2D eigenvalue weighted by Gasteiger charge is 2.39. The third kappa shape index (κ3) is 3.15. The molecule has 0 radical (unpaired) electrons. The molecular weight excluding hydrogens is 310 g/mol.